The van der Waals surface area contributed by atoms with Gasteiger partial charge in [0, 0.05) is 6.07 Å². The average Bonchev–Trinajstić information content (AvgIpc) is 2.82. The highest BCUT2D eigenvalue weighted by Crippen LogP contribution is 2.33. The lowest BCUT2D eigenvalue weighted by Gasteiger charge is -2.21. The molecule has 4 nitrogen and oxygen atoms in total. The van der Waals surface area contributed by atoms with Gasteiger partial charge in [0.25, 0.3) is 5.91 Å². The van der Waals surface area contributed by atoms with Crippen LogP contribution in [0.3, 0.4) is 0 Å². The number of aryl methyl sites for hydroxylation is 2. The predicted octanol–water partition coefficient (Wildman–Crippen LogP) is 3.32. The van der Waals surface area contributed by atoms with Gasteiger partial charge in [-0.1, -0.05) is 35.0 Å². The van der Waals surface area contributed by atoms with Gasteiger partial charge in [0.15, 0.2) is 6.04 Å². The quantitative estimate of drug-likeness (QED) is 0.945. The maximum atomic E-state index is 13.1. The first-order valence-corrected chi connectivity index (χ1v) is 6.15. The van der Waals surface area contributed by atoms with Crippen LogP contribution in [0.2, 0.25) is 0 Å². The Balaban J connectivity index is 2.25. The summed E-state index contributed by atoms with van der Waals surface area (Å²) in [6.45, 7) is 3.34. The molecule has 1 aromatic heterocycles. The number of benzene rings is 1. The SMILES string of the molecule is Cc1ccc(C(NC(=O)c2cc(C)no2)C(F)(F)F)cc1. The summed E-state index contributed by atoms with van der Waals surface area (Å²) < 4.78 is 44.0. The summed E-state index contributed by atoms with van der Waals surface area (Å²) in [6.07, 6.45) is -4.61. The number of rotatable bonds is 3. The molecule has 0 bridgehead atoms. The smallest absolute Gasteiger partial charge is 0.351 e. The Morgan fingerprint density at radius 1 is 1.24 bits per heavy atom. The average molecular weight is 298 g/mol. The number of hydrogen-bond donors (Lipinski definition) is 1. The second-order valence-electron chi connectivity index (χ2n) is 4.69. The first-order valence-electron chi connectivity index (χ1n) is 6.15. The maximum Gasteiger partial charge on any atom is 0.412 e. The molecule has 1 unspecified atom stereocenters. The fourth-order valence-electron chi connectivity index (χ4n) is 1.79. The minimum atomic E-state index is -4.61. The molecule has 112 valence electrons. The van der Waals surface area contributed by atoms with E-state index < -0.39 is 18.1 Å². The zero-order valence-electron chi connectivity index (χ0n) is 11.4. The summed E-state index contributed by atoms with van der Waals surface area (Å²) in [5.41, 5.74) is 1.20. The summed E-state index contributed by atoms with van der Waals surface area (Å²) in [6, 6.07) is 4.95. The number of alkyl halides is 3. The lowest BCUT2D eigenvalue weighted by atomic mass is 10.0. The Kier molecular flexibility index (Phi) is 4.02. The van der Waals surface area contributed by atoms with E-state index in [1.165, 1.54) is 18.2 Å². The minimum Gasteiger partial charge on any atom is -0.351 e. The van der Waals surface area contributed by atoms with E-state index in [1.54, 1.807) is 26.0 Å². The molecule has 1 amide bonds. The molecule has 0 aliphatic carbocycles. The van der Waals surface area contributed by atoms with E-state index in [9.17, 15) is 18.0 Å². The molecule has 7 heteroatoms. The van der Waals surface area contributed by atoms with Crippen LogP contribution in [0.1, 0.15) is 33.4 Å². The van der Waals surface area contributed by atoms with E-state index >= 15 is 0 Å². The molecule has 0 radical (unpaired) electrons. The van der Waals surface area contributed by atoms with Gasteiger partial charge in [0.1, 0.15) is 0 Å². The van der Waals surface area contributed by atoms with Crippen LogP contribution in [-0.4, -0.2) is 17.2 Å². The topological polar surface area (TPSA) is 55.1 Å². The second kappa shape index (κ2) is 5.59. The Bertz CT molecular complexity index is 632. The molecule has 1 N–H and O–H groups in total. The van der Waals surface area contributed by atoms with Crippen LogP contribution in [0.25, 0.3) is 0 Å². The second-order valence-corrected chi connectivity index (χ2v) is 4.69. The van der Waals surface area contributed by atoms with Gasteiger partial charge in [0.2, 0.25) is 5.76 Å². The molecule has 1 atom stereocenters. The number of nitrogens with one attached hydrogen (secondary N) is 1. The monoisotopic (exact) mass is 298 g/mol. The molecule has 1 heterocycles. The number of amides is 1. The van der Waals surface area contributed by atoms with E-state index in [-0.39, 0.29) is 11.3 Å². The third kappa shape index (κ3) is 3.62. The van der Waals surface area contributed by atoms with Crippen LogP contribution in [0, 0.1) is 13.8 Å². The van der Waals surface area contributed by atoms with Crippen molar-refractivity contribution in [2.45, 2.75) is 26.1 Å². The van der Waals surface area contributed by atoms with Gasteiger partial charge in [0.05, 0.1) is 5.69 Å². The van der Waals surface area contributed by atoms with Crippen LogP contribution < -0.4 is 5.32 Å². The fourth-order valence-corrected chi connectivity index (χ4v) is 1.79. The molecule has 0 fully saturated rings. The molecule has 1 aromatic carbocycles. The molecule has 2 aromatic rings. The maximum absolute atomic E-state index is 13.1. The van der Waals surface area contributed by atoms with Gasteiger partial charge >= 0.3 is 6.18 Å². The van der Waals surface area contributed by atoms with Crippen LogP contribution in [0.4, 0.5) is 13.2 Å². The number of aromatic nitrogens is 1. The van der Waals surface area contributed by atoms with Crippen molar-refractivity contribution in [3.8, 4) is 0 Å². The van der Waals surface area contributed by atoms with Crippen LogP contribution in [0.5, 0.6) is 0 Å². The third-order valence-corrected chi connectivity index (χ3v) is 2.87. The van der Waals surface area contributed by atoms with Gasteiger partial charge in [-0.3, -0.25) is 4.79 Å². The van der Waals surface area contributed by atoms with Crippen LogP contribution >= 0.6 is 0 Å². The van der Waals surface area contributed by atoms with Gasteiger partial charge in [-0.25, -0.2) is 0 Å². The molecule has 0 spiro atoms. The van der Waals surface area contributed by atoms with Crippen molar-refractivity contribution >= 4 is 5.91 Å². The number of carbonyl (C=O) groups excluding carboxylic acids is 1. The molecule has 0 saturated carbocycles. The van der Waals surface area contributed by atoms with Gasteiger partial charge in [-0.05, 0) is 19.4 Å². The Labute approximate surface area is 118 Å². The van der Waals surface area contributed by atoms with E-state index in [1.807, 2.05) is 5.32 Å². The van der Waals surface area contributed by atoms with Gasteiger partial charge < -0.3 is 9.84 Å². The highest BCUT2D eigenvalue weighted by molar-refractivity contribution is 5.91. The normalized spacial score (nSPS) is 13.0. The largest absolute Gasteiger partial charge is 0.412 e. The molecule has 0 aliphatic heterocycles. The molecule has 2 rings (SSSR count). The molecule has 21 heavy (non-hydrogen) atoms. The van der Waals surface area contributed by atoms with Crippen molar-refractivity contribution in [3.05, 3.63) is 52.9 Å². The van der Waals surface area contributed by atoms with Crippen molar-refractivity contribution in [1.82, 2.24) is 10.5 Å². The van der Waals surface area contributed by atoms with E-state index in [0.29, 0.717) is 5.69 Å². The summed E-state index contributed by atoms with van der Waals surface area (Å²) in [5.74, 6) is -1.22. The summed E-state index contributed by atoms with van der Waals surface area (Å²) in [4.78, 5) is 11.8. The van der Waals surface area contributed by atoms with Gasteiger partial charge in [-0.2, -0.15) is 13.2 Å². The van der Waals surface area contributed by atoms with E-state index in [2.05, 4.69) is 9.68 Å². The fraction of sp³-hybridized carbons (Fsp3) is 0.286. The highest BCUT2D eigenvalue weighted by Gasteiger charge is 2.42. The summed E-state index contributed by atoms with van der Waals surface area (Å²) in [5, 5.41) is 5.40. The Morgan fingerprint density at radius 2 is 1.86 bits per heavy atom. The number of hydrogen-bond acceptors (Lipinski definition) is 3. The molecule has 0 saturated heterocycles. The lowest BCUT2D eigenvalue weighted by Crippen LogP contribution is -2.38. The standard InChI is InChI=1S/C14H13F3N2O2/c1-8-3-5-10(6-4-8)12(14(15,16)17)18-13(20)11-7-9(2)19-21-11/h3-7,12H,1-2H3,(H,18,20). The van der Waals surface area contributed by atoms with Crippen LogP contribution in [-0.2, 0) is 0 Å². The Morgan fingerprint density at radius 3 is 2.33 bits per heavy atom. The third-order valence-electron chi connectivity index (χ3n) is 2.87. The van der Waals surface area contributed by atoms with Crippen LogP contribution in [0.15, 0.2) is 34.9 Å². The first kappa shape index (κ1) is 15.1. The molecular weight excluding hydrogens is 285 g/mol. The van der Waals surface area contributed by atoms with Gasteiger partial charge in [-0.15, -0.1) is 0 Å². The number of nitrogens with zero attached hydrogens (tertiary/aromatic N) is 1. The van der Waals surface area contributed by atoms with Crippen molar-refractivity contribution < 1.29 is 22.5 Å². The van der Waals surface area contributed by atoms with E-state index in [4.69, 9.17) is 0 Å². The van der Waals surface area contributed by atoms with Crippen molar-refractivity contribution in [2.24, 2.45) is 0 Å². The van der Waals surface area contributed by atoms with E-state index in [0.717, 1.165) is 5.56 Å². The molecule has 0 aliphatic rings. The minimum absolute atomic E-state index is 0.0438. The zero-order chi connectivity index (χ0) is 15.6. The summed E-state index contributed by atoms with van der Waals surface area (Å²) >= 11 is 0. The first-order chi connectivity index (χ1) is 9.77. The predicted molar refractivity (Wildman–Crippen MR) is 68.7 cm³/mol. The Hall–Kier alpha value is -2.31. The summed E-state index contributed by atoms with van der Waals surface area (Å²) in [7, 11) is 0. The van der Waals surface area contributed by atoms with Crippen molar-refractivity contribution in [1.29, 1.82) is 0 Å². The van der Waals surface area contributed by atoms with Crippen molar-refractivity contribution in [2.75, 3.05) is 0 Å². The highest BCUT2D eigenvalue weighted by atomic mass is 19.4. The zero-order valence-corrected chi connectivity index (χ0v) is 11.4. The lowest BCUT2D eigenvalue weighted by molar-refractivity contribution is -0.155. The number of halogens is 3. The molecular formula is C14H13F3N2O2. The number of carbonyl (C=O) groups is 1. The van der Waals surface area contributed by atoms with Crippen molar-refractivity contribution in [3.63, 3.8) is 0 Å².